The zero-order valence-corrected chi connectivity index (χ0v) is 19.4. The number of esters is 1. The van der Waals surface area contributed by atoms with Crippen LogP contribution < -0.4 is 10.1 Å². The maximum absolute atomic E-state index is 14.0. The number of amides is 1. The molecular formula is C28H24FN3O3. The van der Waals surface area contributed by atoms with Crippen molar-refractivity contribution in [2.75, 3.05) is 5.32 Å². The third-order valence-electron chi connectivity index (χ3n) is 5.87. The maximum atomic E-state index is 14.0. The molecule has 0 saturated heterocycles. The minimum absolute atomic E-state index is 0.198. The van der Waals surface area contributed by atoms with Crippen molar-refractivity contribution in [2.45, 2.75) is 32.6 Å². The molecule has 0 radical (unpaired) electrons. The van der Waals surface area contributed by atoms with Crippen molar-refractivity contribution >= 4 is 17.6 Å². The molecule has 1 aliphatic carbocycles. The molecule has 3 aromatic carbocycles. The van der Waals surface area contributed by atoms with Gasteiger partial charge in [0.1, 0.15) is 5.82 Å². The van der Waals surface area contributed by atoms with Gasteiger partial charge < -0.3 is 10.1 Å². The van der Waals surface area contributed by atoms with Crippen LogP contribution in [0, 0.1) is 12.7 Å². The molecule has 7 heteroatoms. The summed E-state index contributed by atoms with van der Waals surface area (Å²) in [5.41, 5.74) is 5.06. The highest BCUT2D eigenvalue weighted by molar-refractivity contribution is 6.04. The van der Waals surface area contributed by atoms with Crippen LogP contribution in [0.25, 0.3) is 16.8 Å². The highest BCUT2D eigenvalue weighted by Crippen LogP contribution is 2.48. The van der Waals surface area contributed by atoms with E-state index in [-0.39, 0.29) is 17.7 Å². The van der Waals surface area contributed by atoms with Gasteiger partial charge in [0.15, 0.2) is 0 Å². The summed E-state index contributed by atoms with van der Waals surface area (Å²) in [5.74, 6) is -0.601. The van der Waals surface area contributed by atoms with Crippen LogP contribution in [0.5, 0.6) is 5.88 Å². The van der Waals surface area contributed by atoms with Crippen molar-refractivity contribution < 1.29 is 18.7 Å². The van der Waals surface area contributed by atoms with Gasteiger partial charge in [0.25, 0.3) is 5.91 Å². The van der Waals surface area contributed by atoms with Crippen LogP contribution in [0.1, 0.15) is 47.3 Å². The molecule has 1 heterocycles. The third-order valence-corrected chi connectivity index (χ3v) is 5.87. The molecule has 1 aromatic heterocycles. The van der Waals surface area contributed by atoms with Crippen LogP contribution >= 0.6 is 0 Å². The van der Waals surface area contributed by atoms with E-state index in [9.17, 15) is 14.0 Å². The Morgan fingerprint density at radius 2 is 1.74 bits per heavy atom. The van der Waals surface area contributed by atoms with Crippen molar-refractivity contribution in [2.24, 2.45) is 0 Å². The molecule has 5 rings (SSSR count). The fourth-order valence-electron chi connectivity index (χ4n) is 3.97. The van der Waals surface area contributed by atoms with E-state index in [1.165, 1.54) is 23.7 Å². The highest BCUT2D eigenvalue weighted by atomic mass is 19.1. The van der Waals surface area contributed by atoms with Gasteiger partial charge in [-0.05, 0) is 67.8 Å². The number of hydrogen-bond donors (Lipinski definition) is 1. The van der Waals surface area contributed by atoms with Gasteiger partial charge >= 0.3 is 5.97 Å². The van der Waals surface area contributed by atoms with Crippen molar-refractivity contribution in [3.63, 3.8) is 0 Å². The first-order chi connectivity index (χ1) is 16.9. The number of hydrogen-bond acceptors (Lipinski definition) is 4. The molecule has 0 bridgehead atoms. The zero-order valence-electron chi connectivity index (χ0n) is 19.4. The third kappa shape index (κ3) is 4.84. The minimum Gasteiger partial charge on any atom is -0.407 e. The molecule has 35 heavy (non-hydrogen) atoms. The van der Waals surface area contributed by atoms with E-state index >= 15 is 0 Å². The van der Waals surface area contributed by atoms with Gasteiger partial charge in [-0.25, -0.2) is 4.39 Å². The average Bonchev–Trinajstić information content (AvgIpc) is 3.61. The second-order valence-electron chi connectivity index (χ2n) is 8.72. The molecule has 0 atom stereocenters. The van der Waals surface area contributed by atoms with E-state index in [0.29, 0.717) is 22.5 Å². The van der Waals surface area contributed by atoms with E-state index in [1.807, 2.05) is 31.2 Å². The highest BCUT2D eigenvalue weighted by Gasteiger charge is 2.34. The molecule has 1 N–H and O–H groups in total. The number of nitrogens with one attached hydrogen (secondary N) is 1. The molecular weight excluding hydrogens is 445 g/mol. The standard InChI is InChI=1S/C28H24FN3O3/c1-17-6-8-21(9-7-17)27(34)30-23-14-12-19(13-15-23)25-26(20-10-11-20)31-32(28(25)35-18(2)33)24-5-3-4-22(29)16-24/h3-9,12-16,20H,10-11H2,1-2H3,(H,30,34). The number of carbonyl (C=O) groups excluding carboxylic acids is 2. The first-order valence-electron chi connectivity index (χ1n) is 11.4. The van der Waals surface area contributed by atoms with Gasteiger partial charge in [-0.1, -0.05) is 35.9 Å². The van der Waals surface area contributed by atoms with E-state index in [2.05, 4.69) is 5.32 Å². The number of carbonyl (C=O) groups is 2. The van der Waals surface area contributed by atoms with Crippen molar-refractivity contribution in [3.8, 4) is 22.7 Å². The van der Waals surface area contributed by atoms with Gasteiger partial charge in [0.2, 0.25) is 5.88 Å². The fraction of sp³-hybridized carbons (Fsp3) is 0.179. The predicted molar refractivity (Wildman–Crippen MR) is 131 cm³/mol. The Balaban J connectivity index is 1.51. The Labute approximate surface area is 202 Å². The number of rotatable bonds is 6. The normalized spacial score (nSPS) is 12.9. The first kappa shape index (κ1) is 22.5. The fourth-order valence-corrected chi connectivity index (χ4v) is 3.97. The van der Waals surface area contributed by atoms with Crippen LogP contribution in [0.4, 0.5) is 10.1 Å². The molecule has 1 saturated carbocycles. The average molecular weight is 470 g/mol. The Hall–Kier alpha value is -4.26. The lowest BCUT2D eigenvalue weighted by molar-refractivity contribution is -0.132. The molecule has 0 spiro atoms. The van der Waals surface area contributed by atoms with Crippen molar-refractivity contribution in [1.29, 1.82) is 0 Å². The summed E-state index contributed by atoms with van der Waals surface area (Å²) in [4.78, 5) is 24.6. The number of nitrogens with zero attached hydrogens (tertiary/aromatic N) is 2. The van der Waals surface area contributed by atoms with Crippen molar-refractivity contribution in [3.05, 3.63) is 95.4 Å². The molecule has 1 amide bonds. The van der Waals surface area contributed by atoms with E-state index in [4.69, 9.17) is 9.84 Å². The molecule has 4 aromatic rings. The summed E-state index contributed by atoms with van der Waals surface area (Å²) in [6.07, 6.45) is 1.97. The number of anilines is 1. The van der Waals surface area contributed by atoms with Crippen LogP contribution in [0.2, 0.25) is 0 Å². The topological polar surface area (TPSA) is 73.2 Å². The lowest BCUT2D eigenvalue weighted by Gasteiger charge is -2.10. The zero-order chi connectivity index (χ0) is 24.5. The Morgan fingerprint density at radius 1 is 1.03 bits per heavy atom. The summed E-state index contributed by atoms with van der Waals surface area (Å²) < 4.78 is 21.1. The lowest BCUT2D eigenvalue weighted by Crippen LogP contribution is -2.11. The smallest absolute Gasteiger partial charge is 0.309 e. The minimum atomic E-state index is -0.492. The summed E-state index contributed by atoms with van der Waals surface area (Å²) in [6.45, 7) is 3.30. The largest absolute Gasteiger partial charge is 0.407 e. The van der Waals surface area contributed by atoms with E-state index < -0.39 is 11.8 Å². The van der Waals surface area contributed by atoms with Crippen LogP contribution in [-0.4, -0.2) is 21.7 Å². The lowest BCUT2D eigenvalue weighted by atomic mass is 10.0. The van der Waals surface area contributed by atoms with E-state index in [0.717, 1.165) is 29.7 Å². The molecule has 1 fully saturated rings. The number of ether oxygens (including phenoxy) is 1. The Morgan fingerprint density at radius 3 is 2.37 bits per heavy atom. The summed E-state index contributed by atoms with van der Waals surface area (Å²) in [5, 5.41) is 7.64. The second kappa shape index (κ2) is 9.18. The molecule has 6 nitrogen and oxygen atoms in total. The summed E-state index contributed by atoms with van der Waals surface area (Å²) in [7, 11) is 0. The molecule has 1 aliphatic rings. The van der Waals surface area contributed by atoms with Gasteiger partial charge in [0.05, 0.1) is 16.9 Å². The van der Waals surface area contributed by atoms with Gasteiger partial charge in [-0.2, -0.15) is 9.78 Å². The van der Waals surface area contributed by atoms with Crippen molar-refractivity contribution in [1.82, 2.24) is 9.78 Å². The second-order valence-corrected chi connectivity index (χ2v) is 8.72. The maximum Gasteiger partial charge on any atom is 0.309 e. The first-order valence-corrected chi connectivity index (χ1v) is 11.4. The Kier molecular flexibility index (Phi) is 5.91. The summed E-state index contributed by atoms with van der Waals surface area (Å²) in [6, 6.07) is 20.7. The number of aryl methyl sites for hydroxylation is 1. The van der Waals surface area contributed by atoms with Crippen LogP contribution in [0.3, 0.4) is 0 Å². The quantitative estimate of drug-likeness (QED) is 0.349. The van der Waals surface area contributed by atoms with E-state index in [1.54, 1.807) is 36.4 Å². The Bertz CT molecular complexity index is 1400. The monoisotopic (exact) mass is 469 g/mol. The van der Waals surface area contributed by atoms with Crippen LogP contribution in [-0.2, 0) is 4.79 Å². The van der Waals surface area contributed by atoms with Gasteiger partial charge in [-0.3, -0.25) is 9.59 Å². The predicted octanol–water partition coefficient (Wildman–Crippen LogP) is 6.04. The summed E-state index contributed by atoms with van der Waals surface area (Å²) >= 11 is 0. The number of benzene rings is 3. The number of aromatic nitrogens is 2. The SMILES string of the molecule is CC(=O)Oc1c(-c2ccc(NC(=O)c3ccc(C)cc3)cc2)c(C2CC2)nn1-c1cccc(F)c1. The molecule has 176 valence electrons. The van der Waals surface area contributed by atoms with Crippen LogP contribution in [0.15, 0.2) is 72.8 Å². The molecule has 0 aliphatic heterocycles. The van der Waals surface area contributed by atoms with Gasteiger partial charge in [0, 0.05) is 24.1 Å². The number of halogens is 1. The molecule has 0 unspecified atom stereocenters. The van der Waals surface area contributed by atoms with Gasteiger partial charge in [-0.15, -0.1) is 0 Å².